The number of benzene rings is 4. The van der Waals surface area contributed by atoms with Crippen LogP contribution in [0.5, 0.6) is 0 Å². The van der Waals surface area contributed by atoms with Crippen molar-refractivity contribution in [3.05, 3.63) is 133 Å². The Hall–Kier alpha value is -3.87. The molecule has 6 heteroatoms. The van der Waals surface area contributed by atoms with Crippen LogP contribution >= 0.6 is 0 Å². The van der Waals surface area contributed by atoms with E-state index in [2.05, 4.69) is 10.3 Å². The second kappa shape index (κ2) is 12.9. The highest BCUT2D eigenvalue weighted by Gasteiger charge is 2.07. The summed E-state index contributed by atoms with van der Waals surface area (Å²) in [6.07, 6.45) is 9.12. The van der Waals surface area contributed by atoms with Gasteiger partial charge < -0.3 is 5.32 Å². The van der Waals surface area contributed by atoms with Crippen molar-refractivity contribution in [3.63, 3.8) is 0 Å². The third-order valence-corrected chi connectivity index (χ3v) is 8.27. The van der Waals surface area contributed by atoms with Crippen LogP contribution in [-0.2, 0) is 21.6 Å². The Balaban J connectivity index is 1.25. The molecule has 0 spiro atoms. The maximum atomic E-state index is 12.7. The largest absolute Gasteiger partial charge is 0.362 e. The van der Waals surface area contributed by atoms with Gasteiger partial charge in [-0.25, -0.2) is 8.42 Å². The van der Waals surface area contributed by atoms with Crippen LogP contribution in [0.3, 0.4) is 0 Å². The molecule has 0 amide bonds. The molecule has 2 atom stereocenters. The zero-order chi connectivity index (χ0) is 26.0. The van der Waals surface area contributed by atoms with E-state index in [0.29, 0.717) is 0 Å². The quantitative estimate of drug-likeness (QED) is 0.182. The van der Waals surface area contributed by atoms with Crippen LogP contribution in [0.25, 0.3) is 0 Å². The third kappa shape index (κ3) is 7.56. The fraction of sp³-hybridized carbons (Fsp3) is 0.0645. The molecule has 4 aromatic rings. The molecule has 186 valence electrons. The molecule has 0 saturated carbocycles. The van der Waals surface area contributed by atoms with Gasteiger partial charge in [0.25, 0.3) is 0 Å². The number of hydrogen-bond donors (Lipinski definition) is 1. The maximum Gasteiger partial charge on any atom is 0.0849 e. The highest BCUT2D eigenvalue weighted by Crippen LogP contribution is 2.21. The highest BCUT2D eigenvalue weighted by molar-refractivity contribution is 7.85. The summed E-state index contributed by atoms with van der Waals surface area (Å²) in [4.78, 5) is 7.52. The summed E-state index contributed by atoms with van der Waals surface area (Å²) in [5, 5.41) is 3.20. The number of aliphatic imine (C=N–C) groups is 1. The lowest BCUT2D eigenvalue weighted by molar-refractivity contribution is 0.682. The Morgan fingerprint density at radius 3 is 1.49 bits per heavy atom. The molecule has 37 heavy (non-hydrogen) atoms. The lowest BCUT2D eigenvalue weighted by Crippen LogP contribution is -1.94. The van der Waals surface area contributed by atoms with Crippen molar-refractivity contribution in [2.45, 2.75) is 33.4 Å². The Morgan fingerprint density at radius 1 is 0.568 bits per heavy atom. The van der Waals surface area contributed by atoms with Gasteiger partial charge in [0.2, 0.25) is 0 Å². The number of nitrogens with zero attached hydrogens (tertiary/aromatic N) is 1. The maximum absolute atomic E-state index is 12.7. The van der Waals surface area contributed by atoms with E-state index in [0.717, 1.165) is 42.1 Å². The average Bonchev–Trinajstić information content (AvgIpc) is 2.93. The molecule has 0 aliphatic heterocycles. The number of anilines is 1. The van der Waals surface area contributed by atoms with Gasteiger partial charge >= 0.3 is 0 Å². The van der Waals surface area contributed by atoms with Crippen LogP contribution in [0.2, 0.25) is 0 Å². The van der Waals surface area contributed by atoms with Gasteiger partial charge in [0.05, 0.1) is 27.3 Å². The van der Waals surface area contributed by atoms with E-state index in [1.54, 1.807) is 6.21 Å². The van der Waals surface area contributed by atoms with E-state index >= 15 is 0 Å². The van der Waals surface area contributed by atoms with Crippen molar-refractivity contribution < 1.29 is 8.42 Å². The Bertz CT molecular complexity index is 1450. The van der Waals surface area contributed by atoms with Crippen molar-refractivity contribution in [1.82, 2.24) is 0 Å². The molecule has 0 heterocycles. The molecule has 0 aromatic heterocycles. The fourth-order valence-corrected chi connectivity index (χ4v) is 5.45. The molecule has 4 rings (SSSR count). The van der Waals surface area contributed by atoms with Gasteiger partial charge in [-0.1, -0.05) is 41.5 Å². The second-order valence-electron chi connectivity index (χ2n) is 8.35. The topological polar surface area (TPSA) is 58.5 Å². The van der Waals surface area contributed by atoms with Crippen LogP contribution in [0, 0.1) is 13.8 Å². The molecule has 0 radical (unpaired) electrons. The first-order valence-corrected chi connectivity index (χ1v) is 14.1. The van der Waals surface area contributed by atoms with Gasteiger partial charge in [-0.15, -0.1) is 0 Å². The first kappa shape index (κ1) is 26.2. The second-order valence-corrected chi connectivity index (χ2v) is 11.3. The van der Waals surface area contributed by atoms with E-state index in [1.165, 1.54) is 0 Å². The summed E-state index contributed by atoms with van der Waals surface area (Å²) < 4.78 is 25.4. The predicted molar refractivity (Wildman–Crippen MR) is 155 cm³/mol. The molecule has 0 saturated heterocycles. The molecule has 1 N–H and O–H groups in total. The van der Waals surface area contributed by atoms with Gasteiger partial charge in [-0.05, 0) is 98.8 Å². The fourth-order valence-electron chi connectivity index (χ4n) is 3.37. The van der Waals surface area contributed by atoms with E-state index in [4.69, 9.17) is 0 Å². The monoisotopic (exact) mass is 524 g/mol. The van der Waals surface area contributed by atoms with Gasteiger partial charge in [0.15, 0.2) is 0 Å². The van der Waals surface area contributed by atoms with Crippen LogP contribution in [0.15, 0.2) is 146 Å². The molecule has 4 nitrogen and oxygen atoms in total. The number of allylic oxidation sites excluding steroid dienone is 3. The van der Waals surface area contributed by atoms with E-state index in [1.807, 2.05) is 135 Å². The molecule has 4 aromatic carbocycles. The Morgan fingerprint density at radius 2 is 1.00 bits per heavy atom. The first-order chi connectivity index (χ1) is 18.0. The lowest BCUT2D eigenvalue weighted by atomic mass is 10.2. The molecule has 2 unspecified atom stereocenters. The average molecular weight is 525 g/mol. The minimum Gasteiger partial charge on any atom is -0.362 e. The summed E-state index contributed by atoms with van der Waals surface area (Å²) in [7, 11) is -2.39. The minimum atomic E-state index is -1.20. The van der Waals surface area contributed by atoms with E-state index in [-0.39, 0.29) is 0 Å². The standard InChI is InChI=1S/C31H28N2O2S2/c1-24-6-14-28(15-7-24)36(34)30-18-10-26(11-19-30)32-22-4-3-5-23-33-27-12-20-31(21-13-27)37(35)29-16-8-25(2)9-17-29/h3-23,32H,1-2H3/b5-3+,22-4+,33-23?. The van der Waals surface area contributed by atoms with Crippen LogP contribution in [0.1, 0.15) is 11.1 Å². The highest BCUT2D eigenvalue weighted by atomic mass is 32.2. The van der Waals surface area contributed by atoms with E-state index in [9.17, 15) is 8.42 Å². The Kier molecular flexibility index (Phi) is 9.13. The zero-order valence-corrected chi connectivity index (χ0v) is 22.3. The summed E-state index contributed by atoms with van der Waals surface area (Å²) in [5.74, 6) is 0. The first-order valence-electron chi connectivity index (χ1n) is 11.8. The van der Waals surface area contributed by atoms with Crippen molar-refractivity contribution >= 4 is 39.2 Å². The van der Waals surface area contributed by atoms with Crippen molar-refractivity contribution in [2.24, 2.45) is 4.99 Å². The molecular formula is C31H28N2O2S2. The van der Waals surface area contributed by atoms with Crippen molar-refractivity contribution in [2.75, 3.05) is 5.32 Å². The number of hydrogen-bond acceptors (Lipinski definition) is 4. The van der Waals surface area contributed by atoms with Crippen molar-refractivity contribution in [1.29, 1.82) is 0 Å². The van der Waals surface area contributed by atoms with Crippen LogP contribution in [0.4, 0.5) is 11.4 Å². The number of rotatable bonds is 9. The molecule has 0 aliphatic carbocycles. The van der Waals surface area contributed by atoms with Crippen LogP contribution in [-0.4, -0.2) is 14.6 Å². The minimum absolute atomic E-state index is 0.752. The van der Waals surface area contributed by atoms with Gasteiger partial charge in [-0.3, -0.25) is 4.99 Å². The third-order valence-electron chi connectivity index (χ3n) is 5.47. The smallest absolute Gasteiger partial charge is 0.0849 e. The van der Waals surface area contributed by atoms with Gasteiger partial charge in [0, 0.05) is 37.7 Å². The summed E-state index contributed by atoms with van der Waals surface area (Å²) >= 11 is 0. The lowest BCUT2D eigenvalue weighted by Gasteiger charge is -2.05. The summed E-state index contributed by atoms with van der Waals surface area (Å²) in [5.41, 5.74) is 3.99. The summed E-state index contributed by atoms with van der Waals surface area (Å²) in [6, 6.07) is 30.4. The summed E-state index contributed by atoms with van der Waals surface area (Å²) in [6.45, 7) is 4.03. The van der Waals surface area contributed by atoms with E-state index < -0.39 is 21.6 Å². The molecule has 0 bridgehead atoms. The van der Waals surface area contributed by atoms with Crippen molar-refractivity contribution in [3.8, 4) is 0 Å². The van der Waals surface area contributed by atoms with Crippen LogP contribution < -0.4 is 5.32 Å². The molecule has 0 fully saturated rings. The number of aryl methyl sites for hydroxylation is 2. The van der Waals surface area contributed by atoms with Gasteiger partial charge in [-0.2, -0.15) is 0 Å². The zero-order valence-electron chi connectivity index (χ0n) is 20.7. The molecular weight excluding hydrogens is 496 g/mol. The number of nitrogens with one attached hydrogen (secondary N) is 1. The van der Waals surface area contributed by atoms with Gasteiger partial charge in [0.1, 0.15) is 0 Å². The SMILES string of the molecule is Cc1ccc(S(=O)c2ccc(N=C/C=C/C=C/Nc3ccc(S(=O)c4ccc(C)cc4)cc3)cc2)cc1. The normalized spacial score (nSPS) is 13.4. The Labute approximate surface area is 223 Å². The predicted octanol–water partition coefficient (Wildman–Crippen LogP) is 7.52. The molecule has 0 aliphatic rings.